The van der Waals surface area contributed by atoms with E-state index >= 15 is 0 Å². The minimum Gasteiger partial charge on any atom is -0.347 e. The number of amides is 1. The lowest BCUT2D eigenvalue weighted by atomic mass is 9.97. The highest BCUT2D eigenvalue weighted by Gasteiger charge is 2.33. The Morgan fingerprint density at radius 1 is 1.45 bits per heavy atom. The van der Waals surface area contributed by atoms with Gasteiger partial charge in [0, 0.05) is 35.4 Å². The van der Waals surface area contributed by atoms with Gasteiger partial charge < -0.3 is 10.2 Å². The average molecular weight is 311 g/mol. The fourth-order valence-electron chi connectivity index (χ4n) is 3.55. The molecule has 22 heavy (non-hydrogen) atoms. The molecule has 0 aliphatic carbocycles. The minimum absolute atomic E-state index is 0.0787. The van der Waals surface area contributed by atoms with Crippen LogP contribution in [0.3, 0.4) is 0 Å². The van der Waals surface area contributed by atoms with E-state index in [1.165, 1.54) is 30.8 Å². The molecule has 1 unspecified atom stereocenters. The fourth-order valence-corrected chi connectivity index (χ4v) is 4.43. The summed E-state index contributed by atoms with van der Waals surface area (Å²) < 4.78 is 1.01. The highest BCUT2D eigenvalue weighted by molar-refractivity contribution is 7.19. The van der Waals surface area contributed by atoms with Crippen molar-refractivity contribution in [1.29, 1.82) is 0 Å². The third-order valence-corrected chi connectivity index (χ3v) is 5.61. The summed E-state index contributed by atoms with van der Waals surface area (Å²) in [5.41, 5.74) is 0.478. The van der Waals surface area contributed by atoms with E-state index in [-0.39, 0.29) is 11.9 Å². The Morgan fingerprint density at radius 3 is 3.18 bits per heavy atom. The lowest BCUT2D eigenvalue weighted by Crippen LogP contribution is -2.47. The standard InChI is InChI=1S/C17H17N3OS/c1-2-14-6-12-8-18-15(7-16(12)22-14)17(21)19-13-5-11-3-4-20(9-11)10-13/h1,6-8,11,13H,3-5,9-10H2,(H,19,21)/t11-,13-/m1/s1. The van der Waals surface area contributed by atoms with Crippen LogP contribution in [-0.2, 0) is 0 Å². The number of carbonyl (C=O) groups excluding carboxylic acids is 1. The van der Waals surface area contributed by atoms with E-state index < -0.39 is 0 Å². The first-order chi connectivity index (χ1) is 10.7. The second-order valence-electron chi connectivity index (χ2n) is 6.18. The number of hydrogen-bond acceptors (Lipinski definition) is 4. The summed E-state index contributed by atoms with van der Waals surface area (Å²) >= 11 is 1.52. The number of hydrogen-bond donors (Lipinski definition) is 1. The number of rotatable bonds is 2. The quantitative estimate of drug-likeness (QED) is 0.864. The fraction of sp³-hybridized carbons (Fsp3) is 0.412. The largest absolute Gasteiger partial charge is 0.347 e. The summed E-state index contributed by atoms with van der Waals surface area (Å²) in [6.07, 6.45) is 9.51. The zero-order valence-corrected chi connectivity index (χ0v) is 13.0. The first-order valence-corrected chi connectivity index (χ1v) is 8.42. The van der Waals surface area contributed by atoms with Gasteiger partial charge in [-0.05, 0) is 37.4 Å². The minimum atomic E-state index is -0.0787. The number of piperidine rings is 1. The molecule has 0 saturated carbocycles. The molecule has 5 heteroatoms. The molecule has 2 aromatic rings. The second kappa shape index (κ2) is 5.38. The number of aromatic nitrogens is 1. The van der Waals surface area contributed by atoms with Crippen molar-refractivity contribution >= 4 is 27.3 Å². The summed E-state index contributed by atoms with van der Waals surface area (Å²) in [5.74, 6) is 3.29. The monoisotopic (exact) mass is 311 g/mol. The van der Waals surface area contributed by atoms with Gasteiger partial charge in [0.1, 0.15) is 5.69 Å². The molecule has 2 saturated heterocycles. The Morgan fingerprint density at radius 2 is 2.36 bits per heavy atom. The van der Waals surface area contributed by atoms with E-state index in [4.69, 9.17) is 6.42 Å². The molecule has 2 fully saturated rings. The Kier molecular flexibility index (Phi) is 3.36. The first kappa shape index (κ1) is 13.7. The van der Waals surface area contributed by atoms with Gasteiger partial charge in [0.05, 0.1) is 4.88 Å². The van der Waals surface area contributed by atoms with Crippen LogP contribution in [0, 0.1) is 18.3 Å². The van der Waals surface area contributed by atoms with Crippen LogP contribution in [0.5, 0.6) is 0 Å². The number of thiophene rings is 1. The Balaban J connectivity index is 1.51. The summed E-state index contributed by atoms with van der Waals surface area (Å²) in [6.45, 7) is 3.33. The normalized spacial score (nSPS) is 26.8. The van der Waals surface area contributed by atoms with Gasteiger partial charge in [0.15, 0.2) is 0 Å². The molecule has 0 radical (unpaired) electrons. The van der Waals surface area contributed by atoms with Gasteiger partial charge in [-0.15, -0.1) is 17.8 Å². The molecule has 0 spiro atoms. The number of carbonyl (C=O) groups is 1. The molecule has 4 nitrogen and oxygen atoms in total. The molecule has 1 N–H and O–H groups in total. The molecule has 1 amide bonds. The average Bonchev–Trinajstić information content (AvgIpc) is 3.09. The number of terminal acetylenes is 1. The number of fused-ring (bicyclic) bond motifs is 3. The van der Waals surface area contributed by atoms with E-state index in [1.54, 1.807) is 6.20 Å². The zero-order valence-electron chi connectivity index (χ0n) is 12.2. The molecule has 112 valence electrons. The molecule has 4 rings (SSSR count). The van der Waals surface area contributed by atoms with E-state index in [0.29, 0.717) is 5.69 Å². The van der Waals surface area contributed by atoms with Crippen LogP contribution in [0.25, 0.3) is 10.1 Å². The van der Waals surface area contributed by atoms with Crippen LogP contribution in [0.2, 0.25) is 0 Å². The summed E-state index contributed by atoms with van der Waals surface area (Å²) in [6, 6.07) is 4.02. The van der Waals surface area contributed by atoms with E-state index in [9.17, 15) is 4.79 Å². The number of nitrogens with one attached hydrogen (secondary N) is 1. The predicted octanol–water partition coefficient (Wildman–Crippen LogP) is 2.10. The van der Waals surface area contributed by atoms with E-state index in [1.807, 2.05) is 12.1 Å². The maximum atomic E-state index is 12.4. The van der Waals surface area contributed by atoms with Gasteiger partial charge in [0.25, 0.3) is 5.91 Å². The third kappa shape index (κ3) is 2.49. The van der Waals surface area contributed by atoms with Crippen LogP contribution in [0.15, 0.2) is 18.3 Å². The summed E-state index contributed by atoms with van der Waals surface area (Å²) in [7, 11) is 0. The maximum absolute atomic E-state index is 12.4. The lowest BCUT2D eigenvalue weighted by Gasteiger charge is -2.30. The summed E-state index contributed by atoms with van der Waals surface area (Å²) in [5, 5.41) is 4.14. The van der Waals surface area contributed by atoms with Crippen LogP contribution in [-0.4, -0.2) is 41.5 Å². The van der Waals surface area contributed by atoms with Crippen LogP contribution in [0.1, 0.15) is 28.2 Å². The molecule has 0 aromatic carbocycles. The van der Waals surface area contributed by atoms with Crippen molar-refractivity contribution in [2.45, 2.75) is 18.9 Å². The van der Waals surface area contributed by atoms with Gasteiger partial charge in [-0.25, -0.2) is 0 Å². The summed E-state index contributed by atoms with van der Waals surface area (Å²) in [4.78, 5) is 20.0. The molecule has 2 aromatic heterocycles. The highest BCUT2D eigenvalue weighted by atomic mass is 32.1. The van der Waals surface area contributed by atoms with E-state index in [0.717, 1.165) is 33.8 Å². The van der Waals surface area contributed by atoms with Crippen LogP contribution in [0.4, 0.5) is 0 Å². The van der Waals surface area contributed by atoms with Crippen molar-refractivity contribution in [2.24, 2.45) is 5.92 Å². The topological polar surface area (TPSA) is 45.2 Å². The smallest absolute Gasteiger partial charge is 0.270 e. The van der Waals surface area contributed by atoms with Crippen LogP contribution >= 0.6 is 11.3 Å². The molecule has 2 bridgehead atoms. The molecule has 3 atom stereocenters. The van der Waals surface area contributed by atoms with Crippen molar-refractivity contribution in [1.82, 2.24) is 15.2 Å². The van der Waals surface area contributed by atoms with Gasteiger partial charge in [0.2, 0.25) is 0 Å². The maximum Gasteiger partial charge on any atom is 0.270 e. The molecule has 2 aliphatic rings. The number of nitrogens with zero attached hydrogens (tertiary/aromatic N) is 2. The predicted molar refractivity (Wildman–Crippen MR) is 88.0 cm³/mol. The molecule has 2 aliphatic heterocycles. The Bertz CT molecular complexity index is 764. The molecule has 4 heterocycles. The van der Waals surface area contributed by atoms with Crippen molar-refractivity contribution in [3.8, 4) is 12.3 Å². The van der Waals surface area contributed by atoms with Gasteiger partial charge in [-0.3, -0.25) is 9.78 Å². The zero-order chi connectivity index (χ0) is 15.1. The van der Waals surface area contributed by atoms with Crippen molar-refractivity contribution in [3.63, 3.8) is 0 Å². The van der Waals surface area contributed by atoms with Crippen molar-refractivity contribution < 1.29 is 4.79 Å². The SMILES string of the molecule is C#Cc1cc2cnc(C(=O)N[C@@H]3C[C@H]4CCN(C4)C3)cc2s1. The molecular formula is C17H17N3OS. The molecular weight excluding hydrogens is 294 g/mol. The van der Waals surface area contributed by atoms with Crippen molar-refractivity contribution in [3.05, 3.63) is 28.9 Å². The van der Waals surface area contributed by atoms with Gasteiger partial charge in [-0.1, -0.05) is 5.92 Å². The Labute approximate surface area is 133 Å². The van der Waals surface area contributed by atoms with Crippen molar-refractivity contribution in [2.75, 3.05) is 19.6 Å². The Hall–Kier alpha value is -1.90. The van der Waals surface area contributed by atoms with Gasteiger partial charge in [-0.2, -0.15) is 0 Å². The second-order valence-corrected chi connectivity index (χ2v) is 7.27. The first-order valence-electron chi connectivity index (χ1n) is 7.60. The lowest BCUT2D eigenvalue weighted by molar-refractivity contribution is 0.0904. The number of pyridine rings is 1. The van der Waals surface area contributed by atoms with E-state index in [2.05, 4.69) is 21.1 Å². The van der Waals surface area contributed by atoms with Crippen LogP contribution < -0.4 is 5.32 Å². The third-order valence-electron chi connectivity index (χ3n) is 4.58. The van der Waals surface area contributed by atoms with Gasteiger partial charge >= 0.3 is 0 Å². The highest BCUT2D eigenvalue weighted by Crippen LogP contribution is 2.27.